The van der Waals surface area contributed by atoms with Crippen LogP contribution in [0.5, 0.6) is 0 Å². The number of hydrogen-bond donors (Lipinski definition) is 1. The Balaban J connectivity index is 2.07. The summed E-state index contributed by atoms with van der Waals surface area (Å²) in [4.78, 5) is 2.51. The average molecular weight is 353 g/mol. The van der Waals surface area contributed by atoms with Crippen LogP contribution in [-0.4, -0.2) is 19.1 Å². The second kappa shape index (κ2) is 7.64. The van der Waals surface area contributed by atoms with E-state index in [-0.39, 0.29) is 0 Å². The Morgan fingerprint density at radius 2 is 1.76 bits per heavy atom. The predicted octanol–water partition coefficient (Wildman–Crippen LogP) is 4.82. The van der Waals surface area contributed by atoms with Crippen molar-refractivity contribution in [1.82, 2.24) is 5.32 Å². The van der Waals surface area contributed by atoms with E-state index in [1.165, 1.54) is 28.6 Å². The average Bonchev–Trinajstić information content (AvgIpc) is 3.18. The molecule has 118 valence electrons. The van der Waals surface area contributed by atoms with Crippen LogP contribution < -0.4 is 10.2 Å². The van der Waals surface area contributed by atoms with Crippen LogP contribution >= 0.6 is 15.9 Å². The van der Waals surface area contributed by atoms with E-state index < -0.39 is 0 Å². The summed E-state index contributed by atoms with van der Waals surface area (Å²) in [6.07, 6.45) is 2.69. The molecule has 1 fully saturated rings. The highest BCUT2D eigenvalue weighted by Gasteiger charge is 2.20. The highest BCUT2D eigenvalue weighted by molar-refractivity contribution is 9.10. The highest BCUT2D eigenvalue weighted by Crippen LogP contribution is 2.29. The smallest absolute Gasteiger partial charge is 0.0511 e. The van der Waals surface area contributed by atoms with E-state index in [1.54, 1.807) is 0 Å². The Labute approximate surface area is 138 Å². The number of benzene rings is 1. The fourth-order valence-corrected chi connectivity index (χ4v) is 3.30. The highest BCUT2D eigenvalue weighted by atomic mass is 79.9. The van der Waals surface area contributed by atoms with Crippen molar-refractivity contribution in [3.05, 3.63) is 28.2 Å². The summed E-state index contributed by atoms with van der Waals surface area (Å²) < 4.78 is 1.22. The van der Waals surface area contributed by atoms with Crippen molar-refractivity contribution in [3.8, 4) is 0 Å². The largest absolute Gasteiger partial charge is 0.370 e. The van der Waals surface area contributed by atoms with Gasteiger partial charge in [-0.15, -0.1) is 0 Å². The number of nitrogens with zero attached hydrogens (tertiary/aromatic N) is 1. The van der Waals surface area contributed by atoms with Crippen molar-refractivity contribution in [2.45, 2.75) is 53.1 Å². The van der Waals surface area contributed by atoms with Crippen LogP contribution in [0.1, 0.15) is 46.1 Å². The van der Waals surface area contributed by atoms with Gasteiger partial charge in [-0.25, -0.2) is 0 Å². The maximum atomic E-state index is 3.78. The van der Waals surface area contributed by atoms with Gasteiger partial charge in [-0.2, -0.15) is 0 Å². The van der Waals surface area contributed by atoms with Gasteiger partial charge in [0.05, 0.1) is 5.69 Å². The zero-order valence-electron chi connectivity index (χ0n) is 13.8. The first-order valence-corrected chi connectivity index (χ1v) is 9.01. The molecular weight excluding hydrogens is 324 g/mol. The molecule has 3 heteroatoms. The van der Waals surface area contributed by atoms with Crippen molar-refractivity contribution in [2.75, 3.05) is 18.0 Å². The zero-order chi connectivity index (χ0) is 15.4. The van der Waals surface area contributed by atoms with Crippen LogP contribution in [0.4, 0.5) is 5.69 Å². The van der Waals surface area contributed by atoms with Gasteiger partial charge in [0.15, 0.2) is 0 Å². The molecule has 21 heavy (non-hydrogen) atoms. The molecule has 0 amide bonds. The molecule has 1 aromatic carbocycles. The normalized spacial score (nSPS) is 15.0. The monoisotopic (exact) mass is 352 g/mol. The first kappa shape index (κ1) is 16.8. The minimum absolute atomic E-state index is 0.673. The Kier molecular flexibility index (Phi) is 6.12. The second-order valence-corrected chi connectivity index (χ2v) is 7.99. The van der Waals surface area contributed by atoms with E-state index in [0.717, 1.165) is 25.7 Å². The number of nitrogens with one attached hydrogen (secondary N) is 1. The minimum Gasteiger partial charge on any atom is -0.370 e. The number of rotatable bonds is 8. The topological polar surface area (TPSA) is 15.3 Å². The molecule has 1 aliphatic carbocycles. The summed E-state index contributed by atoms with van der Waals surface area (Å²) >= 11 is 3.78. The zero-order valence-corrected chi connectivity index (χ0v) is 15.4. The van der Waals surface area contributed by atoms with Crippen LogP contribution in [0.2, 0.25) is 0 Å². The molecule has 1 aromatic rings. The predicted molar refractivity (Wildman–Crippen MR) is 95.9 cm³/mol. The van der Waals surface area contributed by atoms with E-state index >= 15 is 0 Å². The van der Waals surface area contributed by atoms with Gasteiger partial charge >= 0.3 is 0 Å². The molecule has 0 unspecified atom stereocenters. The van der Waals surface area contributed by atoms with Crippen molar-refractivity contribution in [3.63, 3.8) is 0 Å². The second-order valence-electron chi connectivity index (χ2n) is 7.13. The van der Waals surface area contributed by atoms with Crippen LogP contribution in [0.3, 0.4) is 0 Å². The van der Waals surface area contributed by atoms with E-state index in [2.05, 4.69) is 72.0 Å². The maximum absolute atomic E-state index is 3.78. The molecule has 0 heterocycles. The molecule has 0 bridgehead atoms. The summed E-state index contributed by atoms with van der Waals surface area (Å²) in [6.45, 7) is 12.3. The Morgan fingerprint density at radius 1 is 1.14 bits per heavy atom. The first-order valence-electron chi connectivity index (χ1n) is 8.22. The quantitative estimate of drug-likeness (QED) is 0.721. The van der Waals surface area contributed by atoms with Gasteiger partial charge in [0.25, 0.3) is 0 Å². The fourth-order valence-electron chi connectivity index (χ4n) is 2.62. The summed E-state index contributed by atoms with van der Waals surface area (Å²) in [6, 6.07) is 7.59. The maximum Gasteiger partial charge on any atom is 0.0511 e. The molecular formula is C18H29BrN2. The Bertz CT molecular complexity index is 443. The van der Waals surface area contributed by atoms with E-state index in [1.807, 2.05) is 0 Å². The van der Waals surface area contributed by atoms with Crippen molar-refractivity contribution >= 4 is 21.6 Å². The molecule has 1 aliphatic rings. The van der Waals surface area contributed by atoms with Crippen LogP contribution in [0, 0.1) is 11.8 Å². The summed E-state index contributed by atoms with van der Waals surface area (Å²) in [5.41, 5.74) is 2.69. The van der Waals surface area contributed by atoms with Gasteiger partial charge in [0.1, 0.15) is 0 Å². The molecule has 0 atom stereocenters. The minimum atomic E-state index is 0.673. The Morgan fingerprint density at radius 3 is 2.24 bits per heavy atom. The third-order valence-corrected chi connectivity index (χ3v) is 4.33. The van der Waals surface area contributed by atoms with Crippen LogP contribution in [0.15, 0.2) is 22.7 Å². The van der Waals surface area contributed by atoms with E-state index in [0.29, 0.717) is 11.8 Å². The van der Waals surface area contributed by atoms with Gasteiger partial charge in [0.2, 0.25) is 0 Å². The van der Waals surface area contributed by atoms with E-state index in [4.69, 9.17) is 0 Å². The van der Waals surface area contributed by atoms with Crippen molar-refractivity contribution in [1.29, 1.82) is 0 Å². The molecule has 0 saturated heterocycles. The summed E-state index contributed by atoms with van der Waals surface area (Å²) in [5, 5.41) is 3.58. The van der Waals surface area contributed by atoms with Gasteiger partial charge < -0.3 is 10.2 Å². The van der Waals surface area contributed by atoms with Crippen LogP contribution in [-0.2, 0) is 6.54 Å². The standard InChI is InChI=1S/C18H29BrN2/c1-13(2)11-21(12-14(3)4)18-8-5-15(9-17(18)19)10-20-16-6-7-16/h5,8-9,13-14,16,20H,6-7,10-12H2,1-4H3. The van der Waals surface area contributed by atoms with Gasteiger partial charge in [-0.05, 0) is 58.3 Å². The molecule has 2 rings (SSSR count). The molecule has 1 saturated carbocycles. The molecule has 0 radical (unpaired) electrons. The third-order valence-electron chi connectivity index (χ3n) is 3.70. The van der Waals surface area contributed by atoms with Crippen molar-refractivity contribution < 1.29 is 0 Å². The number of hydrogen-bond acceptors (Lipinski definition) is 2. The lowest BCUT2D eigenvalue weighted by molar-refractivity contribution is 0.552. The first-order chi connectivity index (χ1) is 9.95. The number of anilines is 1. The third kappa shape index (κ3) is 5.63. The van der Waals surface area contributed by atoms with Crippen LogP contribution in [0.25, 0.3) is 0 Å². The lowest BCUT2D eigenvalue weighted by Gasteiger charge is -2.29. The van der Waals surface area contributed by atoms with Gasteiger partial charge in [0, 0.05) is 30.1 Å². The van der Waals surface area contributed by atoms with Crippen molar-refractivity contribution in [2.24, 2.45) is 11.8 Å². The molecule has 1 N–H and O–H groups in total. The lowest BCUT2D eigenvalue weighted by Crippen LogP contribution is -2.31. The number of halogens is 1. The molecule has 0 aliphatic heterocycles. The van der Waals surface area contributed by atoms with Gasteiger partial charge in [-0.1, -0.05) is 33.8 Å². The Hall–Kier alpha value is -0.540. The lowest BCUT2D eigenvalue weighted by atomic mass is 10.1. The van der Waals surface area contributed by atoms with E-state index in [9.17, 15) is 0 Å². The van der Waals surface area contributed by atoms with Gasteiger partial charge in [-0.3, -0.25) is 0 Å². The molecule has 0 aromatic heterocycles. The SMILES string of the molecule is CC(C)CN(CC(C)C)c1ccc(CNC2CC2)cc1Br. The summed E-state index contributed by atoms with van der Waals surface area (Å²) in [5.74, 6) is 1.35. The molecule has 0 spiro atoms. The fraction of sp³-hybridized carbons (Fsp3) is 0.667. The summed E-state index contributed by atoms with van der Waals surface area (Å²) in [7, 11) is 0. The molecule has 2 nitrogen and oxygen atoms in total.